The fourth-order valence-electron chi connectivity index (χ4n) is 3.73. The van der Waals surface area contributed by atoms with E-state index in [1.54, 1.807) is 13.0 Å². The predicted molar refractivity (Wildman–Crippen MR) is 140 cm³/mol. The molecule has 0 aromatic heterocycles. The highest BCUT2D eigenvalue weighted by molar-refractivity contribution is 5.94. The summed E-state index contributed by atoms with van der Waals surface area (Å²) in [4.78, 5) is 24.8. The molecule has 0 heterocycles. The zero-order chi connectivity index (χ0) is 26.0. The molecule has 0 aliphatic heterocycles. The van der Waals surface area contributed by atoms with E-state index in [9.17, 15) is 19.8 Å². The van der Waals surface area contributed by atoms with Gasteiger partial charge in [0.05, 0.1) is 5.92 Å². The topological polar surface area (TPSA) is 83.8 Å². The number of carboxylic acids is 1. The minimum absolute atomic E-state index is 0.130. The number of benzene rings is 2. The van der Waals surface area contributed by atoms with Crippen molar-refractivity contribution in [1.82, 2.24) is 0 Å². The second-order valence-electron chi connectivity index (χ2n) is 9.33. The van der Waals surface area contributed by atoms with E-state index in [0.717, 1.165) is 24.0 Å². The smallest absolute Gasteiger partial charge is 0.339 e. The van der Waals surface area contributed by atoms with Gasteiger partial charge in [0.2, 0.25) is 0 Å². The number of ether oxygens (including phenoxy) is 1. The van der Waals surface area contributed by atoms with E-state index in [4.69, 9.17) is 4.74 Å². The summed E-state index contributed by atoms with van der Waals surface area (Å²) in [6.07, 6.45) is 7.78. The van der Waals surface area contributed by atoms with E-state index < -0.39 is 11.9 Å². The highest BCUT2D eigenvalue weighted by atomic mass is 16.5. The molecule has 0 bridgehead atoms. The minimum Gasteiger partial charge on any atom is -0.507 e. The molecular weight excluding hydrogens is 440 g/mol. The van der Waals surface area contributed by atoms with E-state index >= 15 is 0 Å². The van der Waals surface area contributed by atoms with Gasteiger partial charge >= 0.3 is 11.9 Å². The number of carbonyl (C=O) groups is 2. The molecule has 5 nitrogen and oxygen atoms in total. The third kappa shape index (κ3) is 8.43. The minimum atomic E-state index is -1.20. The van der Waals surface area contributed by atoms with Gasteiger partial charge < -0.3 is 14.9 Å². The van der Waals surface area contributed by atoms with Crippen molar-refractivity contribution in [3.8, 4) is 11.5 Å². The number of hydrogen-bond donors (Lipinski definition) is 2. The van der Waals surface area contributed by atoms with Crippen molar-refractivity contribution in [3.63, 3.8) is 0 Å². The first-order chi connectivity index (χ1) is 16.6. The van der Waals surface area contributed by atoms with Crippen molar-refractivity contribution in [2.45, 2.75) is 73.1 Å². The van der Waals surface area contributed by atoms with Crippen LogP contribution in [0.5, 0.6) is 11.5 Å². The van der Waals surface area contributed by atoms with Gasteiger partial charge in [-0.15, -0.1) is 0 Å². The molecule has 0 saturated carbocycles. The molecule has 1 atom stereocenters. The zero-order valence-corrected chi connectivity index (χ0v) is 21.6. The van der Waals surface area contributed by atoms with Crippen LogP contribution in [0, 0.1) is 5.92 Å². The number of carbonyl (C=O) groups excluding carboxylic acids is 1. The summed E-state index contributed by atoms with van der Waals surface area (Å²) in [5.74, 6) is -2.00. The van der Waals surface area contributed by atoms with Crippen molar-refractivity contribution < 1.29 is 24.5 Å². The Morgan fingerprint density at radius 2 is 1.74 bits per heavy atom. The maximum absolute atomic E-state index is 12.6. The zero-order valence-electron chi connectivity index (χ0n) is 21.6. The lowest BCUT2D eigenvalue weighted by Crippen LogP contribution is -2.18. The molecule has 0 spiro atoms. The Morgan fingerprint density at radius 3 is 2.34 bits per heavy atom. The van der Waals surface area contributed by atoms with Crippen LogP contribution < -0.4 is 4.74 Å². The molecule has 0 amide bonds. The second-order valence-corrected chi connectivity index (χ2v) is 9.33. The van der Waals surface area contributed by atoms with Crippen LogP contribution in [-0.2, 0) is 24.1 Å². The quantitative estimate of drug-likeness (QED) is 0.194. The average molecular weight is 479 g/mol. The van der Waals surface area contributed by atoms with E-state index in [1.165, 1.54) is 5.57 Å². The lowest BCUT2D eigenvalue weighted by molar-refractivity contribution is -0.138. The normalized spacial score (nSPS) is 12.2. The first-order valence-electron chi connectivity index (χ1n) is 12.3. The fraction of sp³-hybridized carbons (Fsp3) is 0.400. The van der Waals surface area contributed by atoms with Gasteiger partial charge in [0.1, 0.15) is 17.1 Å². The molecule has 0 aliphatic rings. The number of aromatic hydroxyl groups is 1. The molecular formula is C30H38O5. The average Bonchev–Trinajstić information content (AvgIpc) is 2.81. The molecule has 188 valence electrons. The van der Waals surface area contributed by atoms with Crippen LogP contribution in [0.4, 0.5) is 0 Å². The maximum atomic E-state index is 12.6. The molecule has 2 aromatic rings. The van der Waals surface area contributed by atoms with Crippen LogP contribution >= 0.6 is 0 Å². The number of allylic oxidation sites excluding steroid dienone is 4. The Morgan fingerprint density at radius 1 is 1.06 bits per heavy atom. The predicted octanol–water partition coefficient (Wildman–Crippen LogP) is 7.06. The Kier molecular flexibility index (Phi) is 10.8. The summed E-state index contributed by atoms with van der Waals surface area (Å²) >= 11 is 0. The molecule has 2 rings (SSSR count). The van der Waals surface area contributed by atoms with Gasteiger partial charge in [-0.25, -0.2) is 4.79 Å². The van der Waals surface area contributed by atoms with Crippen LogP contribution in [0.1, 0.15) is 80.9 Å². The van der Waals surface area contributed by atoms with Crippen molar-refractivity contribution in [2.75, 3.05) is 0 Å². The number of phenols is 1. The van der Waals surface area contributed by atoms with Gasteiger partial charge in [0, 0.05) is 5.56 Å². The number of aryl methyl sites for hydroxylation is 2. The molecule has 0 fully saturated rings. The second kappa shape index (κ2) is 13.5. The first-order valence-corrected chi connectivity index (χ1v) is 12.3. The lowest BCUT2D eigenvalue weighted by Gasteiger charge is -2.18. The summed E-state index contributed by atoms with van der Waals surface area (Å²) < 4.78 is 5.72. The van der Waals surface area contributed by atoms with Gasteiger partial charge in [-0.3, -0.25) is 4.79 Å². The van der Waals surface area contributed by atoms with Gasteiger partial charge in [-0.05, 0) is 76.5 Å². The molecule has 2 aromatic carbocycles. The third-order valence-corrected chi connectivity index (χ3v) is 6.16. The third-order valence-electron chi connectivity index (χ3n) is 6.16. The van der Waals surface area contributed by atoms with Crippen LogP contribution in [0.15, 0.2) is 59.7 Å². The molecule has 1 unspecified atom stereocenters. The van der Waals surface area contributed by atoms with Gasteiger partial charge in [-0.2, -0.15) is 0 Å². The summed E-state index contributed by atoms with van der Waals surface area (Å²) in [7, 11) is 0. The molecule has 0 radical (unpaired) electrons. The molecule has 2 N–H and O–H groups in total. The molecule has 0 saturated heterocycles. The van der Waals surface area contributed by atoms with Crippen LogP contribution in [-0.4, -0.2) is 22.2 Å². The Hall–Kier alpha value is -3.34. The van der Waals surface area contributed by atoms with Crippen LogP contribution in [0.25, 0.3) is 0 Å². The maximum Gasteiger partial charge on any atom is 0.339 e. The van der Waals surface area contributed by atoms with Gasteiger partial charge in [0.25, 0.3) is 0 Å². The van der Waals surface area contributed by atoms with Gasteiger partial charge in [0.15, 0.2) is 0 Å². The number of hydrogen-bond acceptors (Lipinski definition) is 4. The van der Waals surface area contributed by atoms with E-state index in [1.807, 2.05) is 50.3 Å². The number of aromatic carboxylic acids is 1. The fourth-order valence-corrected chi connectivity index (χ4v) is 3.73. The summed E-state index contributed by atoms with van der Waals surface area (Å²) in [6, 6.07) is 11.4. The van der Waals surface area contributed by atoms with Crippen LogP contribution in [0.2, 0.25) is 0 Å². The molecule has 35 heavy (non-hydrogen) atoms. The first kappa shape index (κ1) is 27.9. The molecule has 0 aliphatic carbocycles. The van der Waals surface area contributed by atoms with E-state index in [0.29, 0.717) is 30.4 Å². The summed E-state index contributed by atoms with van der Waals surface area (Å²) in [5, 5.41) is 21.0. The Balaban J connectivity index is 2.46. The number of rotatable bonds is 12. The SMILES string of the molecule is CCC(C)C(=O)Oc1cc(CCc2ccccc2)c(C(=O)O)c(O)c1C/C=C(\C)CCC=C(C)C. The largest absolute Gasteiger partial charge is 0.507 e. The highest BCUT2D eigenvalue weighted by Crippen LogP contribution is 2.37. The monoisotopic (exact) mass is 478 g/mol. The van der Waals surface area contributed by atoms with Crippen molar-refractivity contribution in [1.29, 1.82) is 0 Å². The lowest BCUT2D eigenvalue weighted by atomic mass is 9.94. The molecule has 5 heteroatoms. The number of carboxylic acid groups (broad SMARTS) is 1. The number of esters is 1. The standard InChI is InChI=1S/C30H38O5/c1-6-22(5)30(34)35-26-19-24(17-16-23-13-8-7-9-14-23)27(29(32)33)28(31)25(26)18-15-21(4)12-10-11-20(2)3/h7-9,11,13-15,19,22,31H,6,10,12,16-18H2,1-5H3,(H,32,33)/b21-15+. The van der Waals surface area contributed by atoms with Crippen molar-refractivity contribution >= 4 is 11.9 Å². The van der Waals surface area contributed by atoms with Crippen molar-refractivity contribution in [3.05, 3.63) is 82.0 Å². The van der Waals surface area contributed by atoms with E-state index in [-0.39, 0.29) is 29.4 Å². The Bertz CT molecular complexity index is 1080. The summed E-state index contributed by atoms with van der Waals surface area (Å²) in [5.41, 5.74) is 4.07. The van der Waals surface area contributed by atoms with E-state index in [2.05, 4.69) is 19.9 Å². The van der Waals surface area contributed by atoms with Gasteiger partial charge in [-0.1, -0.05) is 67.5 Å². The van der Waals surface area contributed by atoms with Crippen molar-refractivity contribution in [2.24, 2.45) is 5.92 Å². The summed E-state index contributed by atoms with van der Waals surface area (Å²) in [6.45, 7) is 9.81. The highest BCUT2D eigenvalue weighted by Gasteiger charge is 2.25. The Labute approximate surface area is 209 Å². The van der Waals surface area contributed by atoms with Crippen LogP contribution in [0.3, 0.4) is 0 Å².